The van der Waals surface area contributed by atoms with Crippen molar-refractivity contribution in [3.63, 3.8) is 0 Å². The van der Waals surface area contributed by atoms with Gasteiger partial charge < -0.3 is 4.74 Å². The molecule has 0 heterocycles. The zero-order chi connectivity index (χ0) is 11.3. The second-order valence-electron chi connectivity index (χ2n) is 4.78. The summed E-state index contributed by atoms with van der Waals surface area (Å²) in [6.07, 6.45) is 5.94. The highest BCUT2D eigenvalue weighted by Gasteiger charge is 2.41. The average Bonchev–Trinajstić information content (AvgIpc) is 2.68. The molecule has 1 unspecified atom stereocenters. The molecule has 0 aromatic heterocycles. The van der Waals surface area contributed by atoms with E-state index < -0.39 is 5.60 Å². The summed E-state index contributed by atoms with van der Waals surface area (Å²) in [7, 11) is 0. The lowest BCUT2D eigenvalue weighted by molar-refractivity contribution is -0.144. The van der Waals surface area contributed by atoms with Crippen molar-refractivity contribution < 1.29 is 9.53 Å². The Balaban J connectivity index is 2.59. The van der Waals surface area contributed by atoms with E-state index in [9.17, 15) is 4.79 Å². The van der Waals surface area contributed by atoms with Gasteiger partial charge in [0, 0.05) is 13.0 Å². The molecule has 2 heteroatoms. The van der Waals surface area contributed by atoms with Gasteiger partial charge in [-0.05, 0) is 38.5 Å². The van der Waals surface area contributed by atoms with Gasteiger partial charge in [0.15, 0.2) is 5.78 Å². The smallest absolute Gasteiger partial charge is 0.164 e. The summed E-state index contributed by atoms with van der Waals surface area (Å²) >= 11 is 0. The van der Waals surface area contributed by atoms with Gasteiger partial charge in [-0.1, -0.05) is 20.3 Å². The third-order valence-corrected chi connectivity index (χ3v) is 3.57. The molecule has 2 nitrogen and oxygen atoms in total. The standard InChI is InChI=1S/C13H24O2/c1-4-11(3)10-12(14)13(15-5-2)8-6-7-9-13/h11H,4-10H2,1-3H3. The van der Waals surface area contributed by atoms with Crippen LogP contribution in [0.3, 0.4) is 0 Å². The van der Waals surface area contributed by atoms with Crippen molar-refractivity contribution in [1.29, 1.82) is 0 Å². The quantitative estimate of drug-likeness (QED) is 0.675. The van der Waals surface area contributed by atoms with Crippen LogP contribution in [0.25, 0.3) is 0 Å². The van der Waals surface area contributed by atoms with Crippen LogP contribution in [0.1, 0.15) is 59.3 Å². The second kappa shape index (κ2) is 5.64. The molecule has 0 radical (unpaired) electrons. The Morgan fingerprint density at radius 2 is 1.93 bits per heavy atom. The molecule has 88 valence electrons. The van der Waals surface area contributed by atoms with Gasteiger partial charge in [-0.3, -0.25) is 4.79 Å². The van der Waals surface area contributed by atoms with E-state index in [1.54, 1.807) is 0 Å². The first kappa shape index (κ1) is 12.7. The third-order valence-electron chi connectivity index (χ3n) is 3.57. The van der Waals surface area contributed by atoms with Gasteiger partial charge in [0.1, 0.15) is 5.60 Å². The minimum absolute atomic E-state index is 0.344. The maximum Gasteiger partial charge on any atom is 0.164 e. The van der Waals surface area contributed by atoms with Gasteiger partial charge in [0.25, 0.3) is 0 Å². The fraction of sp³-hybridized carbons (Fsp3) is 0.923. The van der Waals surface area contributed by atoms with E-state index in [0.29, 0.717) is 24.7 Å². The fourth-order valence-electron chi connectivity index (χ4n) is 2.37. The van der Waals surface area contributed by atoms with E-state index in [1.165, 1.54) is 0 Å². The lowest BCUT2D eigenvalue weighted by Crippen LogP contribution is -2.39. The van der Waals surface area contributed by atoms with E-state index >= 15 is 0 Å². The van der Waals surface area contributed by atoms with Gasteiger partial charge in [-0.25, -0.2) is 0 Å². The Kier molecular flexibility index (Phi) is 4.78. The molecule has 1 saturated carbocycles. The second-order valence-corrected chi connectivity index (χ2v) is 4.78. The molecule has 0 aliphatic heterocycles. The molecular formula is C13H24O2. The molecule has 1 atom stereocenters. The number of rotatable bonds is 6. The number of ether oxygens (including phenoxy) is 1. The number of hydrogen-bond donors (Lipinski definition) is 0. The molecule has 0 N–H and O–H groups in total. The van der Waals surface area contributed by atoms with E-state index in [2.05, 4.69) is 13.8 Å². The molecule has 0 aromatic rings. The Hall–Kier alpha value is -0.370. The van der Waals surface area contributed by atoms with Crippen LogP contribution in [0.4, 0.5) is 0 Å². The molecule has 0 amide bonds. The van der Waals surface area contributed by atoms with Crippen molar-refractivity contribution in [3.05, 3.63) is 0 Å². The molecule has 1 fully saturated rings. The highest BCUT2D eigenvalue weighted by molar-refractivity contribution is 5.87. The first-order valence-corrected chi connectivity index (χ1v) is 6.32. The zero-order valence-electron chi connectivity index (χ0n) is 10.3. The molecule has 15 heavy (non-hydrogen) atoms. The summed E-state index contributed by atoms with van der Waals surface area (Å²) < 4.78 is 5.75. The maximum absolute atomic E-state index is 12.2. The summed E-state index contributed by atoms with van der Waals surface area (Å²) in [5.74, 6) is 0.839. The largest absolute Gasteiger partial charge is 0.368 e. The summed E-state index contributed by atoms with van der Waals surface area (Å²) in [6.45, 7) is 6.93. The van der Waals surface area contributed by atoms with Crippen LogP contribution in [0, 0.1) is 5.92 Å². The van der Waals surface area contributed by atoms with E-state index in [4.69, 9.17) is 4.74 Å². The van der Waals surface area contributed by atoms with Crippen molar-refractivity contribution in [2.75, 3.05) is 6.61 Å². The summed E-state index contributed by atoms with van der Waals surface area (Å²) in [5, 5.41) is 0. The normalized spacial score (nSPS) is 21.5. The highest BCUT2D eigenvalue weighted by atomic mass is 16.5. The predicted molar refractivity (Wildman–Crippen MR) is 61.9 cm³/mol. The zero-order valence-corrected chi connectivity index (χ0v) is 10.3. The summed E-state index contributed by atoms with van der Waals surface area (Å²) in [6, 6.07) is 0. The molecule has 0 aromatic carbocycles. The van der Waals surface area contributed by atoms with Crippen LogP contribution in [-0.4, -0.2) is 18.0 Å². The van der Waals surface area contributed by atoms with E-state index in [0.717, 1.165) is 32.1 Å². The Bertz CT molecular complexity index is 205. The molecule has 1 rings (SSSR count). The minimum Gasteiger partial charge on any atom is -0.368 e. The summed E-state index contributed by atoms with van der Waals surface area (Å²) in [4.78, 5) is 12.2. The van der Waals surface area contributed by atoms with Crippen molar-refractivity contribution in [1.82, 2.24) is 0 Å². The van der Waals surface area contributed by atoms with E-state index in [-0.39, 0.29) is 0 Å². The number of hydrogen-bond acceptors (Lipinski definition) is 2. The van der Waals surface area contributed by atoms with Crippen LogP contribution in [0.15, 0.2) is 0 Å². The maximum atomic E-state index is 12.2. The van der Waals surface area contributed by atoms with Crippen LogP contribution in [-0.2, 0) is 9.53 Å². The molecular weight excluding hydrogens is 188 g/mol. The van der Waals surface area contributed by atoms with Gasteiger partial charge in [0.05, 0.1) is 0 Å². The van der Waals surface area contributed by atoms with Crippen molar-refractivity contribution in [2.24, 2.45) is 5.92 Å². The average molecular weight is 212 g/mol. The van der Waals surface area contributed by atoms with Crippen molar-refractivity contribution in [3.8, 4) is 0 Å². The Morgan fingerprint density at radius 3 is 2.40 bits per heavy atom. The van der Waals surface area contributed by atoms with Gasteiger partial charge in [0.2, 0.25) is 0 Å². The van der Waals surface area contributed by atoms with Crippen LogP contribution >= 0.6 is 0 Å². The lowest BCUT2D eigenvalue weighted by atomic mass is 9.89. The highest BCUT2D eigenvalue weighted by Crippen LogP contribution is 2.35. The van der Waals surface area contributed by atoms with Crippen LogP contribution in [0.2, 0.25) is 0 Å². The van der Waals surface area contributed by atoms with Crippen molar-refractivity contribution >= 4 is 5.78 Å². The van der Waals surface area contributed by atoms with Gasteiger partial charge >= 0.3 is 0 Å². The van der Waals surface area contributed by atoms with Crippen molar-refractivity contribution in [2.45, 2.75) is 64.9 Å². The number of carbonyl (C=O) groups excluding carboxylic acids is 1. The number of carbonyl (C=O) groups is 1. The molecule has 0 bridgehead atoms. The first-order valence-electron chi connectivity index (χ1n) is 6.32. The molecule has 1 aliphatic rings. The van der Waals surface area contributed by atoms with Gasteiger partial charge in [-0.15, -0.1) is 0 Å². The third kappa shape index (κ3) is 3.04. The topological polar surface area (TPSA) is 26.3 Å². The SMILES string of the molecule is CCOC1(C(=O)CC(C)CC)CCCC1. The molecule has 0 saturated heterocycles. The first-order chi connectivity index (χ1) is 7.14. The Morgan fingerprint density at radius 1 is 1.33 bits per heavy atom. The number of Topliss-reactive ketones (excluding diaryl/α,β-unsaturated/α-hetero) is 1. The Labute approximate surface area is 93.4 Å². The number of ketones is 1. The summed E-state index contributed by atoms with van der Waals surface area (Å²) in [5.41, 5.74) is -0.405. The predicted octanol–water partition coefficient (Wildman–Crippen LogP) is 3.34. The lowest BCUT2D eigenvalue weighted by Gasteiger charge is -2.28. The van der Waals surface area contributed by atoms with Crippen LogP contribution in [0.5, 0.6) is 0 Å². The van der Waals surface area contributed by atoms with Gasteiger partial charge in [-0.2, -0.15) is 0 Å². The van der Waals surface area contributed by atoms with Crippen LogP contribution < -0.4 is 0 Å². The van der Waals surface area contributed by atoms with E-state index in [1.807, 2.05) is 6.92 Å². The minimum atomic E-state index is -0.405. The fourth-order valence-corrected chi connectivity index (χ4v) is 2.37. The molecule has 1 aliphatic carbocycles. The monoisotopic (exact) mass is 212 g/mol. The molecule has 0 spiro atoms.